The zero-order chi connectivity index (χ0) is 13.7. The van der Waals surface area contributed by atoms with E-state index in [-0.39, 0.29) is 11.9 Å². The molecule has 0 aromatic rings. The van der Waals surface area contributed by atoms with Crippen LogP contribution in [0.5, 0.6) is 0 Å². The lowest BCUT2D eigenvalue weighted by molar-refractivity contribution is -0.134. The van der Waals surface area contributed by atoms with Gasteiger partial charge in [-0.3, -0.25) is 4.79 Å². The van der Waals surface area contributed by atoms with Gasteiger partial charge in [-0.05, 0) is 6.42 Å². The Bertz CT molecular complexity index is 298. The molecular formula is C12H24N4O2. The monoisotopic (exact) mass is 256 g/mol. The minimum Gasteiger partial charge on any atom is -0.338 e. The van der Waals surface area contributed by atoms with E-state index in [4.69, 9.17) is 5.73 Å². The van der Waals surface area contributed by atoms with Crippen LogP contribution in [0.15, 0.2) is 0 Å². The third-order valence-electron chi connectivity index (χ3n) is 3.16. The fourth-order valence-electron chi connectivity index (χ4n) is 2.07. The standard InChI is InChI=1S/C12H24N4O2/c1-4-5-10(13)11(17)15-6-8-16(9-7-15)12(18)14(2)3/h10H,4-9,13H2,1-3H3. The lowest BCUT2D eigenvalue weighted by Crippen LogP contribution is -2.55. The van der Waals surface area contributed by atoms with Gasteiger partial charge in [-0.1, -0.05) is 13.3 Å². The Morgan fingerprint density at radius 1 is 1.17 bits per heavy atom. The van der Waals surface area contributed by atoms with Gasteiger partial charge in [-0.15, -0.1) is 0 Å². The summed E-state index contributed by atoms with van der Waals surface area (Å²) in [4.78, 5) is 28.8. The van der Waals surface area contributed by atoms with Crippen LogP contribution in [0, 0.1) is 0 Å². The highest BCUT2D eigenvalue weighted by atomic mass is 16.2. The lowest BCUT2D eigenvalue weighted by atomic mass is 10.1. The van der Waals surface area contributed by atoms with Crippen molar-refractivity contribution in [3.8, 4) is 0 Å². The minimum atomic E-state index is -0.397. The molecule has 0 saturated carbocycles. The van der Waals surface area contributed by atoms with E-state index in [0.717, 1.165) is 12.8 Å². The third-order valence-corrected chi connectivity index (χ3v) is 3.16. The van der Waals surface area contributed by atoms with Gasteiger partial charge in [-0.2, -0.15) is 0 Å². The molecule has 0 aliphatic carbocycles. The summed E-state index contributed by atoms with van der Waals surface area (Å²) in [5, 5.41) is 0. The minimum absolute atomic E-state index is 0.0000411. The van der Waals surface area contributed by atoms with E-state index in [1.54, 1.807) is 28.8 Å². The van der Waals surface area contributed by atoms with E-state index in [1.165, 1.54) is 0 Å². The van der Waals surface area contributed by atoms with Crippen LogP contribution in [0.3, 0.4) is 0 Å². The highest BCUT2D eigenvalue weighted by molar-refractivity contribution is 5.82. The van der Waals surface area contributed by atoms with Gasteiger partial charge in [0, 0.05) is 40.3 Å². The molecule has 18 heavy (non-hydrogen) atoms. The predicted octanol–water partition coefficient (Wildman–Crippen LogP) is -0.0604. The topological polar surface area (TPSA) is 69.9 Å². The van der Waals surface area contributed by atoms with Crippen molar-refractivity contribution in [1.82, 2.24) is 14.7 Å². The van der Waals surface area contributed by atoms with Gasteiger partial charge in [0.1, 0.15) is 0 Å². The quantitative estimate of drug-likeness (QED) is 0.769. The summed E-state index contributed by atoms with van der Waals surface area (Å²) >= 11 is 0. The number of urea groups is 1. The molecule has 1 rings (SSSR count). The number of nitrogens with zero attached hydrogens (tertiary/aromatic N) is 3. The molecule has 0 radical (unpaired) electrons. The number of rotatable bonds is 3. The van der Waals surface area contributed by atoms with Crippen LogP contribution in [0.4, 0.5) is 4.79 Å². The van der Waals surface area contributed by atoms with E-state index in [2.05, 4.69) is 0 Å². The number of hydrogen-bond acceptors (Lipinski definition) is 3. The first kappa shape index (κ1) is 14.8. The average Bonchev–Trinajstić information content (AvgIpc) is 2.37. The SMILES string of the molecule is CCCC(N)C(=O)N1CCN(C(=O)N(C)C)CC1. The van der Waals surface area contributed by atoms with Crippen LogP contribution in [0.1, 0.15) is 19.8 Å². The number of carbonyl (C=O) groups is 2. The van der Waals surface area contributed by atoms with E-state index >= 15 is 0 Å². The van der Waals surface area contributed by atoms with E-state index in [9.17, 15) is 9.59 Å². The van der Waals surface area contributed by atoms with Crippen molar-refractivity contribution in [3.05, 3.63) is 0 Å². The highest BCUT2D eigenvalue weighted by Gasteiger charge is 2.27. The number of carbonyl (C=O) groups excluding carboxylic acids is 2. The summed E-state index contributed by atoms with van der Waals surface area (Å²) in [7, 11) is 3.47. The summed E-state index contributed by atoms with van der Waals surface area (Å²) < 4.78 is 0. The van der Waals surface area contributed by atoms with Crippen molar-refractivity contribution in [2.45, 2.75) is 25.8 Å². The number of piperazine rings is 1. The Kier molecular flexibility index (Phi) is 5.40. The van der Waals surface area contributed by atoms with Gasteiger partial charge in [0.25, 0.3) is 0 Å². The summed E-state index contributed by atoms with van der Waals surface area (Å²) in [6, 6.07) is -0.397. The van der Waals surface area contributed by atoms with Gasteiger partial charge in [0.2, 0.25) is 5.91 Å². The molecule has 6 nitrogen and oxygen atoms in total. The van der Waals surface area contributed by atoms with Crippen LogP contribution in [-0.2, 0) is 4.79 Å². The molecule has 0 bridgehead atoms. The molecule has 3 amide bonds. The van der Waals surface area contributed by atoms with Crippen molar-refractivity contribution in [2.24, 2.45) is 5.73 Å². The lowest BCUT2D eigenvalue weighted by Gasteiger charge is -2.36. The predicted molar refractivity (Wildman–Crippen MR) is 70.1 cm³/mol. The molecule has 6 heteroatoms. The summed E-state index contributed by atoms with van der Waals surface area (Å²) in [5.74, 6) is 0.00815. The smallest absolute Gasteiger partial charge is 0.319 e. The molecule has 1 saturated heterocycles. The summed E-state index contributed by atoms with van der Waals surface area (Å²) in [6.07, 6.45) is 1.63. The number of hydrogen-bond donors (Lipinski definition) is 1. The Balaban J connectivity index is 2.44. The van der Waals surface area contributed by atoms with Gasteiger partial charge < -0.3 is 20.4 Å². The second-order valence-electron chi connectivity index (χ2n) is 4.88. The van der Waals surface area contributed by atoms with Crippen LogP contribution < -0.4 is 5.73 Å². The van der Waals surface area contributed by atoms with E-state index in [1.807, 2.05) is 6.92 Å². The van der Waals surface area contributed by atoms with Crippen LogP contribution in [-0.4, -0.2) is 73.0 Å². The zero-order valence-electron chi connectivity index (χ0n) is 11.6. The van der Waals surface area contributed by atoms with Gasteiger partial charge >= 0.3 is 6.03 Å². The molecular weight excluding hydrogens is 232 g/mol. The number of amides is 3. The number of nitrogens with two attached hydrogens (primary N) is 1. The Morgan fingerprint density at radius 2 is 1.67 bits per heavy atom. The van der Waals surface area contributed by atoms with Crippen molar-refractivity contribution in [1.29, 1.82) is 0 Å². The Labute approximate surface area is 109 Å². The maximum atomic E-state index is 12.0. The van der Waals surface area contributed by atoms with Gasteiger partial charge in [0.05, 0.1) is 6.04 Å². The zero-order valence-corrected chi connectivity index (χ0v) is 11.6. The van der Waals surface area contributed by atoms with E-state index in [0.29, 0.717) is 26.2 Å². The third kappa shape index (κ3) is 3.60. The second-order valence-corrected chi connectivity index (χ2v) is 4.88. The molecule has 1 heterocycles. The van der Waals surface area contributed by atoms with E-state index < -0.39 is 6.04 Å². The summed E-state index contributed by atoms with van der Waals surface area (Å²) in [6.45, 7) is 4.34. The summed E-state index contributed by atoms with van der Waals surface area (Å²) in [5.41, 5.74) is 5.82. The molecule has 104 valence electrons. The molecule has 0 spiro atoms. The Hall–Kier alpha value is -1.30. The van der Waals surface area contributed by atoms with Gasteiger partial charge in [-0.25, -0.2) is 4.79 Å². The van der Waals surface area contributed by atoms with Crippen LogP contribution in [0.2, 0.25) is 0 Å². The van der Waals surface area contributed by atoms with Crippen molar-refractivity contribution in [2.75, 3.05) is 40.3 Å². The maximum absolute atomic E-state index is 12.0. The molecule has 2 N–H and O–H groups in total. The molecule has 1 unspecified atom stereocenters. The molecule has 1 aliphatic rings. The van der Waals surface area contributed by atoms with Crippen LogP contribution >= 0.6 is 0 Å². The molecule has 0 aromatic heterocycles. The second kappa shape index (κ2) is 6.58. The first-order chi connectivity index (χ1) is 8.47. The first-order valence-electron chi connectivity index (χ1n) is 6.48. The maximum Gasteiger partial charge on any atom is 0.319 e. The van der Waals surface area contributed by atoms with Crippen molar-refractivity contribution >= 4 is 11.9 Å². The van der Waals surface area contributed by atoms with Gasteiger partial charge in [0.15, 0.2) is 0 Å². The molecule has 0 aromatic carbocycles. The first-order valence-corrected chi connectivity index (χ1v) is 6.48. The largest absolute Gasteiger partial charge is 0.338 e. The molecule has 1 atom stereocenters. The fourth-order valence-corrected chi connectivity index (χ4v) is 2.07. The highest BCUT2D eigenvalue weighted by Crippen LogP contribution is 2.07. The van der Waals surface area contributed by atoms with Crippen molar-refractivity contribution in [3.63, 3.8) is 0 Å². The van der Waals surface area contributed by atoms with Crippen LogP contribution in [0.25, 0.3) is 0 Å². The average molecular weight is 256 g/mol. The Morgan fingerprint density at radius 3 is 2.11 bits per heavy atom. The van der Waals surface area contributed by atoms with Crippen molar-refractivity contribution < 1.29 is 9.59 Å². The molecule has 1 aliphatic heterocycles. The fraction of sp³-hybridized carbons (Fsp3) is 0.833. The molecule has 1 fully saturated rings. The normalized spacial score (nSPS) is 17.6.